The van der Waals surface area contributed by atoms with Gasteiger partial charge in [-0.3, -0.25) is 4.68 Å². The first-order valence-electron chi connectivity index (χ1n) is 6.11. The smallest absolute Gasteiger partial charge is 0.123 e. The van der Waals surface area contributed by atoms with E-state index in [0.717, 1.165) is 6.54 Å². The lowest BCUT2D eigenvalue weighted by atomic mass is 9.86. The Morgan fingerprint density at radius 2 is 2.11 bits per heavy atom. The molecule has 0 spiro atoms. The second-order valence-electron chi connectivity index (χ2n) is 4.31. The van der Waals surface area contributed by atoms with Crippen molar-refractivity contribution in [3.8, 4) is 0 Å². The molecule has 4 heteroatoms. The Bertz CT molecular complexity index is 538. The summed E-state index contributed by atoms with van der Waals surface area (Å²) in [6, 6.07) is 6.08. The minimum absolute atomic E-state index is 0.345. The molecule has 96 valence electrons. The normalized spacial score (nSPS) is 14.4. The van der Waals surface area contributed by atoms with Gasteiger partial charge in [0.2, 0.25) is 0 Å². The van der Waals surface area contributed by atoms with Crippen LogP contribution in [0.25, 0.3) is 0 Å². The molecule has 1 atom stereocenters. The van der Waals surface area contributed by atoms with Gasteiger partial charge < -0.3 is 5.11 Å². The fourth-order valence-corrected chi connectivity index (χ4v) is 2.07. The molecule has 0 aliphatic rings. The zero-order valence-electron chi connectivity index (χ0n) is 10.6. The summed E-state index contributed by atoms with van der Waals surface area (Å²) in [7, 11) is 0. The van der Waals surface area contributed by atoms with Crippen molar-refractivity contribution in [3.05, 3.63) is 53.6 Å². The summed E-state index contributed by atoms with van der Waals surface area (Å²) in [4.78, 5) is 0. The van der Waals surface area contributed by atoms with E-state index in [-0.39, 0.29) is 5.82 Å². The molecule has 0 bridgehead atoms. The van der Waals surface area contributed by atoms with Gasteiger partial charge in [0.1, 0.15) is 11.4 Å². The first-order valence-corrected chi connectivity index (χ1v) is 6.11. The number of aryl methyl sites for hydroxylation is 1. The van der Waals surface area contributed by atoms with Gasteiger partial charge in [-0.2, -0.15) is 5.10 Å². The lowest BCUT2D eigenvalue weighted by molar-refractivity contribution is 0.0761. The van der Waals surface area contributed by atoms with E-state index < -0.39 is 5.60 Å². The molecule has 3 nitrogen and oxygen atoms in total. The van der Waals surface area contributed by atoms with Crippen LogP contribution in [0.15, 0.2) is 36.7 Å². The number of halogens is 1. The molecule has 0 saturated carbocycles. The number of nitrogens with zero attached hydrogens (tertiary/aromatic N) is 2. The van der Waals surface area contributed by atoms with E-state index in [2.05, 4.69) is 5.10 Å². The Hall–Kier alpha value is -1.68. The number of benzene rings is 1. The molecule has 0 aliphatic heterocycles. The number of aromatic nitrogens is 2. The summed E-state index contributed by atoms with van der Waals surface area (Å²) in [5.41, 5.74) is 0.0632. The van der Waals surface area contributed by atoms with Crippen LogP contribution in [0.1, 0.15) is 31.4 Å². The van der Waals surface area contributed by atoms with Crippen LogP contribution in [0.4, 0.5) is 4.39 Å². The number of aliphatic hydroxyl groups is 1. The summed E-state index contributed by atoms with van der Waals surface area (Å²) < 4.78 is 15.0. The molecule has 0 saturated heterocycles. The highest BCUT2D eigenvalue weighted by atomic mass is 19.1. The third-order valence-corrected chi connectivity index (χ3v) is 3.25. The Morgan fingerprint density at radius 1 is 1.33 bits per heavy atom. The van der Waals surface area contributed by atoms with Gasteiger partial charge in [0.15, 0.2) is 0 Å². The third-order valence-electron chi connectivity index (χ3n) is 3.25. The molecule has 1 heterocycles. The van der Waals surface area contributed by atoms with Crippen molar-refractivity contribution in [2.75, 3.05) is 0 Å². The molecule has 0 radical (unpaired) electrons. The van der Waals surface area contributed by atoms with Gasteiger partial charge >= 0.3 is 0 Å². The molecule has 1 N–H and O–H groups in total. The lowest BCUT2D eigenvalue weighted by Crippen LogP contribution is -2.26. The van der Waals surface area contributed by atoms with Crippen LogP contribution < -0.4 is 0 Å². The summed E-state index contributed by atoms with van der Waals surface area (Å²) in [6.07, 6.45) is 3.90. The van der Waals surface area contributed by atoms with Crippen molar-refractivity contribution in [1.29, 1.82) is 0 Å². The van der Waals surface area contributed by atoms with Crippen molar-refractivity contribution in [3.63, 3.8) is 0 Å². The largest absolute Gasteiger partial charge is 0.380 e. The van der Waals surface area contributed by atoms with Crippen LogP contribution in [0.2, 0.25) is 0 Å². The number of rotatable bonds is 4. The predicted molar refractivity (Wildman–Crippen MR) is 67.6 cm³/mol. The van der Waals surface area contributed by atoms with Gasteiger partial charge in [0.25, 0.3) is 0 Å². The van der Waals surface area contributed by atoms with Crippen LogP contribution in [0.3, 0.4) is 0 Å². The summed E-state index contributed by atoms with van der Waals surface area (Å²) in [5.74, 6) is -0.345. The predicted octanol–water partition coefficient (Wildman–Crippen LogP) is 2.69. The third kappa shape index (κ3) is 2.16. The summed E-state index contributed by atoms with van der Waals surface area (Å²) in [6.45, 7) is 4.58. The van der Waals surface area contributed by atoms with Gasteiger partial charge in [-0.15, -0.1) is 0 Å². The van der Waals surface area contributed by atoms with Crippen molar-refractivity contribution in [2.45, 2.75) is 32.4 Å². The quantitative estimate of drug-likeness (QED) is 0.903. The molecular formula is C14H17FN2O. The van der Waals surface area contributed by atoms with Crippen LogP contribution in [0.5, 0.6) is 0 Å². The van der Waals surface area contributed by atoms with E-state index in [1.54, 1.807) is 29.2 Å². The Balaban J connectivity index is 2.47. The van der Waals surface area contributed by atoms with Crippen molar-refractivity contribution in [2.24, 2.45) is 0 Å². The van der Waals surface area contributed by atoms with Crippen LogP contribution in [-0.2, 0) is 12.1 Å². The summed E-state index contributed by atoms with van der Waals surface area (Å²) >= 11 is 0. The average molecular weight is 248 g/mol. The SMILES string of the molecule is CCn1cc(C(O)(CC)c2cccc(F)c2)cn1. The molecule has 2 rings (SSSR count). The maximum atomic E-state index is 13.3. The van der Waals surface area contributed by atoms with E-state index in [0.29, 0.717) is 17.5 Å². The van der Waals surface area contributed by atoms with Gasteiger partial charge in [-0.05, 0) is 31.0 Å². The fraction of sp³-hybridized carbons (Fsp3) is 0.357. The molecule has 2 aromatic rings. The van der Waals surface area contributed by atoms with E-state index in [1.165, 1.54) is 12.1 Å². The molecule has 0 amide bonds. The van der Waals surface area contributed by atoms with Gasteiger partial charge in [-0.25, -0.2) is 4.39 Å². The topological polar surface area (TPSA) is 38.0 Å². The highest BCUT2D eigenvalue weighted by molar-refractivity contribution is 5.33. The standard InChI is InChI=1S/C14H17FN2O/c1-3-14(18,11-6-5-7-13(15)8-11)12-9-16-17(4-2)10-12/h5-10,18H,3-4H2,1-2H3. The van der Waals surface area contributed by atoms with E-state index in [1.807, 2.05) is 13.8 Å². The van der Waals surface area contributed by atoms with Gasteiger partial charge in [0.05, 0.1) is 6.20 Å². The molecule has 1 aromatic carbocycles. The molecule has 1 unspecified atom stereocenters. The van der Waals surface area contributed by atoms with Crippen molar-refractivity contribution in [1.82, 2.24) is 9.78 Å². The van der Waals surface area contributed by atoms with Gasteiger partial charge in [0, 0.05) is 18.3 Å². The average Bonchev–Trinajstić information content (AvgIpc) is 2.87. The van der Waals surface area contributed by atoms with E-state index in [4.69, 9.17) is 0 Å². The maximum Gasteiger partial charge on any atom is 0.123 e. The molecule has 18 heavy (non-hydrogen) atoms. The fourth-order valence-electron chi connectivity index (χ4n) is 2.07. The summed E-state index contributed by atoms with van der Waals surface area (Å²) in [5, 5.41) is 14.9. The molecule has 1 aromatic heterocycles. The Kier molecular flexibility index (Phi) is 3.48. The number of hydrogen-bond donors (Lipinski definition) is 1. The second-order valence-corrected chi connectivity index (χ2v) is 4.31. The van der Waals surface area contributed by atoms with Gasteiger partial charge in [-0.1, -0.05) is 19.1 Å². The minimum atomic E-state index is -1.19. The van der Waals surface area contributed by atoms with E-state index in [9.17, 15) is 9.50 Å². The molecular weight excluding hydrogens is 231 g/mol. The van der Waals surface area contributed by atoms with Crippen LogP contribution in [-0.4, -0.2) is 14.9 Å². The van der Waals surface area contributed by atoms with E-state index >= 15 is 0 Å². The minimum Gasteiger partial charge on any atom is -0.380 e. The van der Waals surface area contributed by atoms with Crippen molar-refractivity contribution >= 4 is 0 Å². The molecule has 0 aliphatic carbocycles. The first kappa shape index (κ1) is 12.8. The highest BCUT2D eigenvalue weighted by Crippen LogP contribution is 2.32. The Labute approximate surface area is 106 Å². The lowest BCUT2D eigenvalue weighted by Gasteiger charge is -2.26. The Morgan fingerprint density at radius 3 is 2.67 bits per heavy atom. The second kappa shape index (κ2) is 4.90. The molecule has 0 fully saturated rings. The first-order chi connectivity index (χ1) is 8.60. The number of hydrogen-bond acceptors (Lipinski definition) is 2. The highest BCUT2D eigenvalue weighted by Gasteiger charge is 2.31. The van der Waals surface area contributed by atoms with Crippen molar-refractivity contribution < 1.29 is 9.50 Å². The zero-order valence-corrected chi connectivity index (χ0v) is 10.6. The van der Waals surface area contributed by atoms with Crippen LogP contribution in [0, 0.1) is 5.82 Å². The maximum absolute atomic E-state index is 13.3. The zero-order chi connectivity index (χ0) is 13.2. The van der Waals surface area contributed by atoms with Crippen LogP contribution >= 0.6 is 0 Å². The monoisotopic (exact) mass is 248 g/mol.